The van der Waals surface area contributed by atoms with Crippen LogP contribution in [-0.4, -0.2) is 74.6 Å². The Kier molecular flexibility index (Phi) is 5.96. The van der Waals surface area contributed by atoms with Crippen molar-refractivity contribution in [3.63, 3.8) is 0 Å². The molecule has 1 amide bonds. The van der Waals surface area contributed by atoms with Gasteiger partial charge in [-0.15, -0.1) is 0 Å². The van der Waals surface area contributed by atoms with E-state index in [4.69, 9.17) is 9.47 Å². The van der Waals surface area contributed by atoms with E-state index < -0.39 is 17.5 Å². The van der Waals surface area contributed by atoms with Gasteiger partial charge in [0.2, 0.25) is 0 Å². The number of hydrogen-bond acceptors (Lipinski definition) is 6. The molecule has 0 unspecified atom stereocenters. The van der Waals surface area contributed by atoms with Crippen LogP contribution in [0.15, 0.2) is 42.5 Å². The van der Waals surface area contributed by atoms with Crippen molar-refractivity contribution >= 4 is 17.4 Å². The molecule has 2 aliphatic rings. The first-order valence-corrected chi connectivity index (χ1v) is 9.92. The molecule has 2 aromatic rings. The van der Waals surface area contributed by atoms with Gasteiger partial charge in [-0.1, -0.05) is 0 Å². The summed E-state index contributed by atoms with van der Waals surface area (Å²) in [7, 11) is 1.63. The normalized spacial score (nSPS) is 17.3. The first-order valence-electron chi connectivity index (χ1n) is 9.92. The zero-order valence-electron chi connectivity index (χ0n) is 16.8. The molecular formula is C22H24FN3O4. The third-order valence-electron chi connectivity index (χ3n) is 5.48. The van der Waals surface area contributed by atoms with Crippen molar-refractivity contribution in [1.29, 1.82) is 0 Å². The smallest absolute Gasteiger partial charge is 0.300 e. The number of hydrogen-bond donors (Lipinski definition) is 0. The highest BCUT2D eigenvalue weighted by Gasteiger charge is 2.37. The Morgan fingerprint density at radius 2 is 1.60 bits per heavy atom. The molecule has 0 aromatic heterocycles. The molecule has 0 N–H and O–H groups in total. The predicted octanol–water partition coefficient (Wildman–Crippen LogP) is 2.02. The zero-order chi connectivity index (χ0) is 21.1. The number of nitrogens with zero attached hydrogens (tertiary/aromatic N) is 3. The molecule has 0 radical (unpaired) electrons. The van der Waals surface area contributed by atoms with Crippen molar-refractivity contribution in [2.75, 3.05) is 58.0 Å². The number of amides is 1. The molecule has 1 fully saturated rings. The monoisotopic (exact) mass is 413 g/mol. The second kappa shape index (κ2) is 8.81. The number of Topliss-reactive ketones (excluding diaryl/α,β-unsaturated/α-hetero) is 1. The summed E-state index contributed by atoms with van der Waals surface area (Å²) in [6, 6.07) is 11.4. The molecule has 8 heteroatoms. The van der Waals surface area contributed by atoms with Crippen molar-refractivity contribution < 1.29 is 23.5 Å². The molecule has 0 bridgehead atoms. The van der Waals surface area contributed by atoms with Crippen LogP contribution in [-0.2, 0) is 4.79 Å². The number of anilines is 1. The molecule has 0 spiro atoms. The van der Waals surface area contributed by atoms with Gasteiger partial charge in [0.05, 0.1) is 25.0 Å². The van der Waals surface area contributed by atoms with Crippen molar-refractivity contribution in [2.45, 2.75) is 0 Å². The van der Waals surface area contributed by atoms with Crippen LogP contribution < -0.4 is 14.4 Å². The molecule has 0 saturated carbocycles. The minimum atomic E-state index is -0.640. The van der Waals surface area contributed by atoms with Gasteiger partial charge in [-0.3, -0.25) is 24.3 Å². The van der Waals surface area contributed by atoms with Gasteiger partial charge in [0, 0.05) is 32.7 Å². The Balaban J connectivity index is 1.24. The van der Waals surface area contributed by atoms with E-state index >= 15 is 0 Å². The predicted molar refractivity (Wildman–Crippen MR) is 110 cm³/mol. The second-order valence-corrected chi connectivity index (χ2v) is 7.35. The number of ether oxygens (including phenoxy) is 2. The quantitative estimate of drug-likeness (QED) is 0.648. The van der Waals surface area contributed by atoms with E-state index in [1.807, 2.05) is 24.3 Å². The molecule has 0 aliphatic carbocycles. The van der Waals surface area contributed by atoms with Crippen molar-refractivity contribution in [2.24, 2.45) is 0 Å². The lowest BCUT2D eigenvalue weighted by Gasteiger charge is -2.36. The standard InChI is InChI=1S/C22H24FN3O4/c1-29-17-3-5-18(6-4-17)30-13-12-24-8-10-25(11-9-24)15-26-20-7-2-16(23)14-19(20)21(27)22(26)28/h2-7,14H,8-13,15H2,1H3. The Bertz CT molecular complexity index is 926. The van der Waals surface area contributed by atoms with Crippen LogP contribution >= 0.6 is 0 Å². The number of rotatable bonds is 7. The average Bonchev–Trinajstić information content (AvgIpc) is 3.00. The highest BCUT2D eigenvalue weighted by atomic mass is 19.1. The second-order valence-electron chi connectivity index (χ2n) is 7.35. The Hall–Kier alpha value is -2.97. The minimum absolute atomic E-state index is 0.148. The maximum Gasteiger partial charge on any atom is 0.300 e. The number of piperazine rings is 1. The number of halogens is 1. The van der Waals surface area contributed by atoms with Crippen LogP contribution in [0.25, 0.3) is 0 Å². The number of methoxy groups -OCH3 is 1. The van der Waals surface area contributed by atoms with Crippen LogP contribution in [0, 0.1) is 5.82 Å². The maximum absolute atomic E-state index is 13.4. The molecule has 0 atom stereocenters. The van der Waals surface area contributed by atoms with Crippen LogP contribution in [0.1, 0.15) is 10.4 Å². The number of benzene rings is 2. The summed E-state index contributed by atoms with van der Waals surface area (Å²) < 4.78 is 24.3. The number of ketones is 1. The average molecular weight is 413 g/mol. The molecular weight excluding hydrogens is 389 g/mol. The van der Waals surface area contributed by atoms with Gasteiger partial charge in [0.15, 0.2) is 0 Å². The number of carbonyl (C=O) groups excluding carboxylic acids is 2. The Labute approximate surface area is 174 Å². The van der Waals surface area contributed by atoms with E-state index in [0.29, 0.717) is 19.0 Å². The fourth-order valence-electron chi connectivity index (χ4n) is 3.73. The SMILES string of the molecule is COc1ccc(OCCN2CCN(CN3C(=O)C(=O)c4cc(F)ccc43)CC2)cc1. The summed E-state index contributed by atoms with van der Waals surface area (Å²) in [5.74, 6) is -0.141. The molecule has 1 saturated heterocycles. The molecule has 2 aliphatic heterocycles. The van der Waals surface area contributed by atoms with Gasteiger partial charge < -0.3 is 9.47 Å². The molecule has 158 valence electrons. The lowest BCUT2D eigenvalue weighted by atomic mass is 10.1. The van der Waals surface area contributed by atoms with Gasteiger partial charge >= 0.3 is 5.91 Å². The van der Waals surface area contributed by atoms with Gasteiger partial charge in [-0.05, 0) is 42.5 Å². The summed E-state index contributed by atoms with van der Waals surface area (Å²) in [4.78, 5) is 30.3. The summed E-state index contributed by atoms with van der Waals surface area (Å²) in [5.41, 5.74) is 0.635. The van der Waals surface area contributed by atoms with E-state index in [-0.39, 0.29) is 5.56 Å². The lowest BCUT2D eigenvalue weighted by molar-refractivity contribution is -0.114. The van der Waals surface area contributed by atoms with E-state index in [9.17, 15) is 14.0 Å². The molecule has 7 nitrogen and oxygen atoms in total. The van der Waals surface area contributed by atoms with Crippen LogP contribution in [0.5, 0.6) is 11.5 Å². The van der Waals surface area contributed by atoms with Crippen LogP contribution in [0.4, 0.5) is 10.1 Å². The largest absolute Gasteiger partial charge is 0.497 e. The first kappa shape index (κ1) is 20.3. The summed E-state index contributed by atoms with van der Waals surface area (Å²) in [6.45, 7) is 4.97. The number of carbonyl (C=O) groups is 2. The third-order valence-corrected chi connectivity index (χ3v) is 5.48. The summed E-state index contributed by atoms with van der Waals surface area (Å²) in [5, 5.41) is 0. The Morgan fingerprint density at radius 3 is 2.30 bits per heavy atom. The van der Waals surface area contributed by atoms with Crippen molar-refractivity contribution in [3.05, 3.63) is 53.8 Å². The van der Waals surface area contributed by atoms with Crippen molar-refractivity contribution in [3.8, 4) is 11.5 Å². The fraction of sp³-hybridized carbons (Fsp3) is 0.364. The topological polar surface area (TPSA) is 62.3 Å². The summed E-state index contributed by atoms with van der Waals surface area (Å²) in [6.07, 6.45) is 0. The van der Waals surface area contributed by atoms with E-state index in [2.05, 4.69) is 9.80 Å². The third kappa shape index (κ3) is 4.29. The molecule has 2 aromatic carbocycles. The van der Waals surface area contributed by atoms with Crippen LogP contribution in [0.2, 0.25) is 0 Å². The van der Waals surface area contributed by atoms with Crippen molar-refractivity contribution in [1.82, 2.24) is 9.80 Å². The lowest BCUT2D eigenvalue weighted by Crippen LogP contribution is -2.51. The first-order chi connectivity index (χ1) is 14.5. The highest BCUT2D eigenvalue weighted by molar-refractivity contribution is 6.52. The number of fused-ring (bicyclic) bond motifs is 1. The van der Waals surface area contributed by atoms with E-state index in [1.165, 1.54) is 17.0 Å². The molecule has 2 heterocycles. The maximum atomic E-state index is 13.4. The van der Waals surface area contributed by atoms with E-state index in [1.54, 1.807) is 7.11 Å². The fourth-order valence-corrected chi connectivity index (χ4v) is 3.73. The molecule has 30 heavy (non-hydrogen) atoms. The van der Waals surface area contributed by atoms with Gasteiger partial charge in [-0.25, -0.2) is 4.39 Å². The van der Waals surface area contributed by atoms with Gasteiger partial charge in [0.25, 0.3) is 5.78 Å². The van der Waals surface area contributed by atoms with Crippen LogP contribution in [0.3, 0.4) is 0 Å². The Morgan fingerprint density at radius 1 is 0.933 bits per heavy atom. The minimum Gasteiger partial charge on any atom is -0.497 e. The summed E-state index contributed by atoms with van der Waals surface area (Å²) >= 11 is 0. The zero-order valence-corrected chi connectivity index (χ0v) is 16.8. The highest BCUT2D eigenvalue weighted by Crippen LogP contribution is 2.29. The van der Waals surface area contributed by atoms with E-state index in [0.717, 1.165) is 50.3 Å². The van der Waals surface area contributed by atoms with Gasteiger partial charge in [-0.2, -0.15) is 0 Å². The molecule has 4 rings (SSSR count). The van der Waals surface area contributed by atoms with Gasteiger partial charge in [0.1, 0.15) is 23.9 Å².